The molecule has 1 saturated heterocycles. The first-order chi connectivity index (χ1) is 11.1. The van der Waals surface area contributed by atoms with Crippen molar-refractivity contribution in [3.63, 3.8) is 0 Å². The van der Waals surface area contributed by atoms with Crippen molar-refractivity contribution in [1.29, 1.82) is 0 Å². The number of halogens is 1. The largest absolute Gasteiger partial charge is 0.336 e. The highest BCUT2D eigenvalue weighted by Gasteiger charge is 2.25. The third-order valence-corrected chi connectivity index (χ3v) is 4.64. The van der Waals surface area contributed by atoms with Crippen LogP contribution in [0.25, 0.3) is 0 Å². The number of amides is 1. The van der Waals surface area contributed by atoms with Crippen LogP contribution in [0.3, 0.4) is 0 Å². The van der Waals surface area contributed by atoms with Gasteiger partial charge in [-0.3, -0.25) is 14.7 Å². The molecule has 5 heteroatoms. The Balaban J connectivity index is 1.61. The van der Waals surface area contributed by atoms with Crippen LogP contribution < -0.4 is 0 Å². The van der Waals surface area contributed by atoms with Gasteiger partial charge in [0.1, 0.15) is 0 Å². The van der Waals surface area contributed by atoms with Crippen LogP contribution in [0, 0.1) is 0 Å². The average molecular weight is 330 g/mol. The van der Waals surface area contributed by atoms with E-state index < -0.39 is 0 Å². The minimum Gasteiger partial charge on any atom is -0.336 e. The Morgan fingerprint density at radius 1 is 1.13 bits per heavy atom. The number of nitrogens with zero attached hydrogens (tertiary/aromatic N) is 3. The Hall–Kier alpha value is -1.91. The predicted molar refractivity (Wildman–Crippen MR) is 91.6 cm³/mol. The molecule has 0 spiro atoms. The normalized spacial score (nSPS) is 17.0. The zero-order valence-corrected chi connectivity index (χ0v) is 13.9. The molecule has 4 nitrogen and oxygen atoms in total. The maximum Gasteiger partial charge on any atom is 0.253 e. The van der Waals surface area contributed by atoms with Crippen molar-refractivity contribution >= 4 is 17.5 Å². The topological polar surface area (TPSA) is 36.4 Å². The summed E-state index contributed by atoms with van der Waals surface area (Å²) in [5.41, 5.74) is 1.92. The molecule has 0 bridgehead atoms. The van der Waals surface area contributed by atoms with Gasteiger partial charge in [-0.05, 0) is 42.8 Å². The van der Waals surface area contributed by atoms with Gasteiger partial charge in [-0.25, -0.2) is 0 Å². The molecular weight excluding hydrogens is 310 g/mol. The number of rotatable bonds is 3. The number of piperazine rings is 1. The number of carbonyl (C=O) groups excluding carboxylic acids is 1. The molecular formula is C18H20ClN3O. The third kappa shape index (κ3) is 3.71. The van der Waals surface area contributed by atoms with Gasteiger partial charge in [0, 0.05) is 55.2 Å². The minimum absolute atomic E-state index is 0.0590. The van der Waals surface area contributed by atoms with Crippen LogP contribution in [-0.2, 0) is 0 Å². The summed E-state index contributed by atoms with van der Waals surface area (Å²) in [6.07, 6.45) is 3.65. The molecule has 1 aromatic heterocycles. The number of pyridine rings is 1. The van der Waals surface area contributed by atoms with Crippen molar-refractivity contribution in [1.82, 2.24) is 14.8 Å². The standard InChI is InChI=1S/C18H20ClN3O/c1-14(15-5-7-20-8-6-15)21-9-11-22(12-10-21)18(23)16-3-2-4-17(19)13-16/h2-8,13-14H,9-12H2,1H3/t14-/m0/s1. The molecule has 0 N–H and O–H groups in total. The van der Waals surface area contributed by atoms with E-state index in [0.717, 1.165) is 26.2 Å². The van der Waals surface area contributed by atoms with Crippen molar-refractivity contribution in [3.8, 4) is 0 Å². The first kappa shape index (κ1) is 16.0. The van der Waals surface area contributed by atoms with Gasteiger partial charge in [-0.15, -0.1) is 0 Å². The van der Waals surface area contributed by atoms with E-state index >= 15 is 0 Å². The van der Waals surface area contributed by atoms with Crippen LogP contribution in [0.4, 0.5) is 0 Å². The van der Waals surface area contributed by atoms with E-state index in [9.17, 15) is 4.79 Å². The van der Waals surface area contributed by atoms with Gasteiger partial charge >= 0.3 is 0 Å². The highest BCUT2D eigenvalue weighted by atomic mass is 35.5. The lowest BCUT2D eigenvalue weighted by Crippen LogP contribution is -2.49. The summed E-state index contributed by atoms with van der Waals surface area (Å²) in [5, 5.41) is 0.598. The lowest BCUT2D eigenvalue weighted by atomic mass is 10.1. The molecule has 2 aromatic rings. The molecule has 1 aliphatic heterocycles. The maximum absolute atomic E-state index is 12.5. The second-order valence-corrected chi connectivity index (χ2v) is 6.23. The fraction of sp³-hybridized carbons (Fsp3) is 0.333. The summed E-state index contributed by atoms with van der Waals surface area (Å²) in [5.74, 6) is 0.0590. The quantitative estimate of drug-likeness (QED) is 0.867. The number of carbonyl (C=O) groups is 1. The summed E-state index contributed by atoms with van der Waals surface area (Å²) in [4.78, 5) is 20.9. The van der Waals surface area contributed by atoms with Gasteiger partial charge in [-0.2, -0.15) is 0 Å². The first-order valence-electron chi connectivity index (χ1n) is 7.84. The third-order valence-electron chi connectivity index (χ3n) is 4.41. The number of hydrogen-bond acceptors (Lipinski definition) is 3. The molecule has 1 fully saturated rings. The zero-order valence-electron chi connectivity index (χ0n) is 13.2. The lowest BCUT2D eigenvalue weighted by molar-refractivity contribution is 0.0582. The van der Waals surface area contributed by atoms with E-state index in [1.54, 1.807) is 12.1 Å². The Labute approximate surface area is 141 Å². The summed E-state index contributed by atoms with van der Waals surface area (Å²) in [6.45, 7) is 5.41. The summed E-state index contributed by atoms with van der Waals surface area (Å²) in [6, 6.07) is 11.6. The summed E-state index contributed by atoms with van der Waals surface area (Å²) in [7, 11) is 0. The smallest absolute Gasteiger partial charge is 0.253 e. The second-order valence-electron chi connectivity index (χ2n) is 5.80. The Kier molecular flexibility index (Phi) is 4.94. The highest BCUT2D eigenvalue weighted by molar-refractivity contribution is 6.30. The molecule has 2 heterocycles. The van der Waals surface area contributed by atoms with E-state index in [2.05, 4.69) is 16.8 Å². The van der Waals surface area contributed by atoms with Gasteiger partial charge in [0.25, 0.3) is 5.91 Å². The van der Waals surface area contributed by atoms with Gasteiger partial charge in [0.15, 0.2) is 0 Å². The molecule has 0 aliphatic carbocycles. The zero-order chi connectivity index (χ0) is 16.2. The number of benzene rings is 1. The van der Waals surface area contributed by atoms with Gasteiger partial charge in [0.2, 0.25) is 0 Å². The molecule has 0 radical (unpaired) electrons. The monoisotopic (exact) mass is 329 g/mol. The highest BCUT2D eigenvalue weighted by Crippen LogP contribution is 2.21. The van der Waals surface area contributed by atoms with Crippen LogP contribution in [0.5, 0.6) is 0 Å². The van der Waals surface area contributed by atoms with Gasteiger partial charge in [-0.1, -0.05) is 17.7 Å². The summed E-state index contributed by atoms with van der Waals surface area (Å²) < 4.78 is 0. The molecule has 0 unspecified atom stereocenters. The van der Waals surface area contributed by atoms with Crippen molar-refractivity contribution < 1.29 is 4.79 Å². The predicted octanol–water partition coefficient (Wildman–Crippen LogP) is 3.25. The van der Waals surface area contributed by atoms with E-state index in [0.29, 0.717) is 16.6 Å². The molecule has 1 aromatic carbocycles. The maximum atomic E-state index is 12.5. The molecule has 23 heavy (non-hydrogen) atoms. The Morgan fingerprint density at radius 2 is 1.83 bits per heavy atom. The molecule has 1 amide bonds. The van der Waals surface area contributed by atoms with E-state index in [-0.39, 0.29) is 5.91 Å². The van der Waals surface area contributed by atoms with Crippen LogP contribution in [-0.4, -0.2) is 46.9 Å². The SMILES string of the molecule is C[C@@H](c1ccncc1)N1CCN(C(=O)c2cccc(Cl)c2)CC1. The second kappa shape index (κ2) is 7.11. The molecule has 120 valence electrons. The van der Waals surface area contributed by atoms with Crippen LogP contribution in [0.15, 0.2) is 48.8 Å². The van der Waals surface area contributed by atoms with Crippen molar-refractivity contribution in [2.45, 2.75) is 13.0 Å². The van der Waals surface area contributed by atoms with E-state index in [1.807, 2.05) is 41.6 Å². The number of hydrogen-bond donors (Lipinski definition) is 0. The van der Waals surface area contributed by atoms with Gasteiger partial charge in [0.05, 0.1) is 0 Å². The lowest BCUT2D eigenvalue weighted by Gasteiger charge is -2.38. The fourth-order valence-corrected chi connectivity index (χ4v) is 3.16. The fourth-order valence-electron chi connectivity index (χ4n) is 2.97. The average Bonchev–Trinajstić information content (AvgIpc) is 2.61. The molecule has 1 atom stereocenters. The summed E-state index contributed by atoms with van der Waals surface area (Å²) >= 11 is 5.98. The van der Waals surface area contributed by atoms with Crippen molar-refractivity contribution in [2.75, 3.05) is 26.2 Å². The van der Waals surface area contributed by atoms with Crippen LogP contribution in [0.1, 0.15) is 28.9 Å². The number of aromatic nitrogens is 1. The Bertz CT molecular complexity index is 669. The first-order valence-corrected chi connectivity index (χ1v) is 8.22. The van der Waals surface area contributed by atoms with Gasteiger partial charge < -0.3 is 4.90 Å². The van der Waals surface area contributed by atoms with Crippen LogP contribution in [0.2, 0.25) is 5.02 Å². The molecule has 0 saturated carbocycles. The van der Waals surface area contributed by atoms with E-state index in [1.165, 1.54) is 5.56 Å². The molecule has 3 rings (SSSR count). The van der Waals surface area contributed by atoms with Crippen molar-refractivity contribution in [2.24, 2.45) is 0 Å². The van der Waals surface area contributed by atoms with Crippen molar-refractivity contribution in [3.05, 3.63) is 64.9 Å². The molecule has 1 aliphatic rings. The van der Waals surface area contributed by atoms with Crippen LogP contribution >= 0.6 is 11.6 Å². The minimum atomic E-state index is 0.0590. The van der Waals surface area contributed by atoms with E-state index in [4.69, 9.17) is 11.6 Å². The Morgan fingerprint density at radius 3 is 2.48 bits per heavy atom.